The lowest BCUT2D eigenvalue weighted by Crippen LogP contribution is -2.03. The van der Waals surface area contributed by atoms with Gasteiger partial charge in [0.25, 0.3) is 0 Å². The van der Waals surface area contributed by atoms with Gasteiger partial charge in [-0.1, -0.05) is 20.8 Å². The molecule has 2 rings (SSSR count). The van der Waals surface area contributed by atoms with E-state index in [4.69, 9.17) is 16.2 Å². The Bertz CT molecular complexity index is 656. The van der Waals surface area contributed by atoms with E-state index in [1.54, 1.807) is 6.07 Å². The second-order valence-corrected chi connectivity index (χ2v) is 5.11. The quantitative estimate of drug-likeness (QED) is 0.798. The van der Waals surface area contributed by atoms with Crippen LogP contribution in [0, 0.1) is 0 Å². The molecule has 1 aromatic heterocycles. The lowest BCUT2D eigenvalue weighted by molar-refractivity contribution is 0.451. The Morgan fingerprint density at radius 2 is 1.95 bits per heavy atom. The highest BCUT2D eigenvalue weighted by atomic mass is 16.5. The van der Waals surface area contributed by atoms with E-state index < -0.39 is 0 Å². The summed E-state index contributed by atoms with van der Waals surface area (Å²) in [5.74, 6) is 1.73. The van der Waals surface area contributed by atoms with E-state index in [2.05, 4.69) is 9.97 Å². The van der Waals surface area contributed by atoms with Crippen molar-refractivity contribution in [3.8, 4) is 17.2 Å². The number of aromatic nitrogens is 2. The third-order valence-electron chi connectivity index (χ3n) is 3.24. The first kappa shape index (κ1) is 14.9. The van der Waals surface area contributed by atoms with Crippen LogP contribution < -0.4 is 16.2 Å². The number of nitrogens with zero attached hydrogens (tertiary/aromatic N) is 2. The normalized spacial score (nSPS) is 10.9. The van der Waals surface area contributed by atoms with Crippen molar-refractivity contribution in [2.75, 3.05) is 11.5 Å². The Morgan fingerprint density at radius 3 is 2.52 bits per heavy atom. The number of hydrogen-bond acceptors (Lipinski definition) is 6. The van der Waals surface area contributed by atoms with Crippen LogP contribution in [0.4, 0.5) is 11.8 Å². The maximum atomic E-state index is 10.0. The van der Waals surface area contributed by atoms with Crippen LogP contribution in [0.1, 0.15) is 37.8 Å². The number of rotatable bonds is 4. The number of aryl methyl sites for hydroxylation is 1. The minimum atomic E-state index is 0.101. The molecular formula is C15H20N4O2. The highest BCUT2D eigenvalue weighted by molar-refractivity contribution is 5.53. The third-order valence-corrected chi connectivity index (χ3v) is 3.24. The molecule has 21 heavy (non-hydrogen) atoms. The van der Waals surface area contributed by atoms with Crippen molar-refractivity contribution in [1.82, 2.24) is 9.97 Å². The summed E-state index contributed by atoms with van der Waals surface area (Å²) in [6, 6.07) is 3.55. The fourth-order valence-electron chi connectivity index (χ4n) is 2.04. The topological polar surface area (TPSA) is 107 Å². The van der Waals surface area contributed by atoms with Gasteiger partial charge in [0.05, 0.1) is 6.20 Å². The average molecular weight is 288 g/mol. The third kappa shape index (κ3) is 3.16. The van der Waals surface area contributed by atoms with Crippen LogP contribution in [0.25, 0.3) is 0 Å². The highest BCUT2D eigenvalue weighted by Crippen LogP contribution is 2.37. The van der Waals surface area contributed by atoms with Crippen molar-refractivity contribution in [3.05, 3.63) is 29.5 Å². The molecule has 2 aromatic rings. The Labute approximate surface area is 123 Å². The smallest absolute Gasteiger partial charge is 0.222 e. The number of phenolic OH excluding ortho intramolecular Hbond substituents is 1. The molecule has 0 radical (unpaired) electrons. The molecule has 0 saturated heterocycles. The zero-order valence-corrected chi connectivity index (χ0v) is 12.4. The summed E-state index contributed by atoms with van der Waals surface area (Å²) in [7, 11) is 0. The van der Waals surface area contributed by atoms with Gasteiger partial charge < -0.3 is 21.3 Å². The highest BCUT2D eigenvalue weighted by Gasteiger charge is 2.15. The molecule has 0 saturated carbocycles. The molecule has 1 aromatic carbocycles. The molecular weight excluding hydrogens is 268 g/mol. The molecule has 1 heterocycles. The zero-order chi connectivity index (χ0) is 15.6. The van der Waals surface area contributed by atoms with Crippen LogP contribution >= 0.6 is 0 Å². The van der Waals surface area contributed by atoms with Crippen LogP contribution in [0.5, 0.6) is 17.2 Å². The molecule has 0 aliphatic heterocycles. The van der Waals surface area contributed by atoms with Gasteiger partial charge in [-0.3, -0.25) is 0 Å². The van der Waals surface area contributed by atoms with Gasteiger partial charge >= 0.3 is 0 Å². The number of ether oxygens (including phenoxy) is 1. The Kier molecular flexibility index (Phi) is 4.16. The molecule has 112 valence electrons. The minimum Gasteiger partial charge on any atom is -0.508 e. The van der Waals surface area contributed by atoms with E-state index in [0.717, 1.165) is 11.1 Å². The lowest BCUT2D eigenvalue weighted by Gasteiger charge is -2.16. The van der Waals surface area contributed by atoms with E-state index in [9.17, 15) is 5.11 Å². The first-order valence-electron chi connectivity index (χ1n) is 6.84. The van der Waals surface area contributed by atoms with Crippen LogP contribution in [-0.2, 0) is 6.42 Å². The summed E-state index contributed by atoms with van der Waals surface area (Å²) >= 11 is 0. The summed E-state index contributed by atoms with van der Waals surface area (Å²) < 4.78 is 5.84. The summed E-state index contributed by atoms with van der Waals surface area (Å²) in [4.78, 5) is 7.76. The number of nitrogen functional groups attached to an aromatic ring is 2. The van der Waals surface area contributed by atoms with E-state index in [-0.39, 0.29) is 23.4 Å². The molecule has 6 nitrogen and oxygen atoms in total. The predicted molar refractivity (Wildman–Crippen MR) is 82.5 cm³/mol. The van der Waals surface area contributed by atoms with Crippen molar-refractivity contribution in [2.45, 2.75) is 33.1 Å². The average Bonchev–Trinajstić information content (AvgIpc) is 2.42. The fraction of sp³-hybridized carbons (Fsp3) is 0.333. The van der Waals surface area contributed by atoms with Crippen molar-refractivity contribution in [1.29, 1.82) is 0 Å². The van der Waals surface area contributed by atoms with Crippen molar-refractivity contribution >= 4 is 11.8 Å². The van der Waals surface area contributed by atoms with E-state index in [0.29, 0.717) is 17.9 Å². The maximum absolute atomic E-state index is 10.0. The number of aromatic hydroxyl groups is 1. The summed E-state index contributed by atoms with van der Waals surface area (Å²) in [6.45, 7) is 6.01. The van der Waals surface area contributed by atoms with Gasteiger partial charge in [0.15, 0.2) is 11.6 Å². The molecule has 0 unspecified atom stereocenters. The van der Waals surface area contributed by atoms with Crippen LogP contribution in [0.3, 0.4) is 0 Å². The van der Waals surface area contributed by atoms with Crippen molar-refractivity contribution < 1.29 is 9.84 Å². The molecule has 6 heteroatoms. The lowest BCUT2D eigenvalue weighted by atomic mass is 9.98. The summed E-state index contributed by atoms with van der Waals surface area (Å²) in [5, 5.41) is 10.0. The van der Waals surface area contributed by atoms with Gasteiger partial charge in [-0.05, 0) is 30.0 Å². The van der Waals surface area contributed by atoms with Gasteiger partial charge in [0, 0.05) is 5.56 Å². The standard InChI is InChI=1S/C15H20N4O2/c1-4-9-5-12(10(8(2)3)6-11(9)20)21-13-7-18-15(17)19-14(13)16/h5-8,20H,4H2,1-3H3,(H4,16,17,18,19). The van der Waals surface area contributed by atoms with E-state index in [1.165, 1.54) is 6.20 Å². The molecule has 0 amide bonds. The molecule has 0 aliphatic carbocycles. The van der Waals surface area contributed by atoms with E-state index in [1.807, 2.05) is 26.8 Å². The summed E-state index contributed by atoms with van der Waals surface area (Å²) in [5.41, 5.74) is 13.0. The van der Waals surface area contributed by atoms with Gasteiger partial charge in [0.1, 0.15) is 11.5 Å². The van der Waals surface area contributed by atoms with Gasteiger partial charge in [-0.2, -0.15) is 4.98 Å². The molecule has 0 aliphatic rings. The van der Waals surface area contributed by atoms with Crippen LogP contribution in [-0.4, -0.2) is 15.1 Å². The van der Waals surface area contributed by atoms with Crippen LogP contribution in [0.15, 0.2) is 18.3 Å². The minimum absolute atomic E-state index is 0.101. The molecule has 0 atom stereocenters. The van der Waals surface area contributed by atoms with E-state index >= 15 is 0 Å². The summed E-state index contributed by atoms with van der Waals surface area (Å²) in [6.07, 6.45) is 2.15. The second-order valence-electron chi connectivity index (χ2n) is 5.11. The van der Waals surface area contributed by atoms with Gasteiger partial charge in [0.2, 0.25) is 5.95 Å². The second kappa shape index (κ2) is 5.87. The number of phenols is 1. The van der Waals surface area contributed by atoms with Crippen molar-refractivity contribution in [2.24, 2.45) is 0 Å². The Balaban J connectivity index is 2.46. The Hall–Kier alpha value is -2.50. The molecule has 0 bridgehead atoms. The van der Waals surface area contributed by atoms with Crippen molar-refractivity contribution in [3.63, 3.8) is 0 Å². The largest absolute Gasteiger partial charge is 0.508 e. The van der Waals surface area contributed by atoms with Gasteiger partial charge in [-0.15, -0.1) is 0 Å². The van der Waals surface area contributed by atoms with Crippen LogP contribution in [0.2, 0.25) is 0 Å². The first-order valence-corrected chi connectivity index (χ1v) is 6.84. The number of benzene rings is 1. The van der Waals surface area contributed by atoms with Gasteiger partial charge in [-0.25, -0.2) is 4.98 Å². The number of anilines is 2. The maximum Gasteiger partial charge on any atom is 0.222 e. The molecule has 0 spiro atoms. The number of nitrogens with two attached hydrogens (primary N) is 2. The monoisotopic (exact) mass is 288 g/mol. The fourth-order valence-corrected chi connectivity index (χ4v) is 2.04. The zero-order valence-electron chi connectivity index (χ0n) is 12.4. The SMILES string of the molecule is CCc1cc(Oc2cnc(N)nc2N)c(C(C)C)cc1O. The predicted octanol–water partition coefficient (Wildman–Crippen LogP) is 2.82. The number of hydrogen-bond donors (Lipinski definition) is 3. The Morgan fingerprint density at radius 1 is 1.24 bits per heavy atom. The molecule has 0 fully saturated rings. The molecule has 5 N–H and O–H groups in total. The first-order chi connectivity index (χ1) is 9.92.